The minimum absolute atomic E-state index is 0.0963. The third-order valence-electron chi connectivity index (χ3n) is 4.01. The van der Waals surface area contributed by atoms with Crippen LogP contribution in [0.3, 0.4) is 0 Å². The van der Waals surface area contributed by atoms with Gasteiger partial charge in [0.2, 0.25) is 5.91 Å². The minimum Gasteiger partial charge on any atom is -0.301 e. The number of benzene rings is 1. The molecule has 1 aromatic heterocycles. The van der Waals surface area contributed by atoms with Crippen molar-refractivity contribution in [3.63, 3.8) is 0 Å². The Labute approximate surface area is 163 Å². The molecule has 1 aliphatic rings. The Morgan fingerprint density at radius 1 is 1.52 bits per heavy atom. The van der Waals surface area contributed by atoms with E-state index in [2.05, 4.69) is 38.1 Å². The molecular weight excluding hydrogens is 425 g/mol. The molecule has 0 bridgehead atoms. The molecule has 0 aliphatic carbocycles. The number of aromatic nitrogens is 1. The van der Waals surface area contributed by atoms with Crippen molar-refractivity contribution in [2.75, 3.05) is 24.2 Å². The number of nitrogens with zero attached hydrogens (tertiary/aromatic N) is 2. The molecular formula is C17H19BrFN3OS2. The third-order valence-corrected chi connectivity index (χ3v) is 6.48. The van der Waals surface area contributed by atoms with E-state index < -0.39 is 0 Å². The molecule has 0 radical (unpaired) electrons. The highest BCUT2D eigenvalue weighted by Crippen LogP contribution is 2.28. The molecule has 1 N–H and O–H groups in total. The summed E-state index contributed by atoms with van der Waals surface area (Å²) < 4.78 is 14.5. The van der Waals surface area contributed by atoms with Gasteiger partial charge in [-0.2, -0.15) is 0 Å². The number of halogens is 2. The molecule has 3 rings (SSSR count). The summed E-state index contributed by atoms with van der Waals surface area (Å²) in [6.45, 7) is 5.12. The summed E-state index contributed by atoms with van der Waals surface area (Å²) in [5.74, 6) is 0.393. The Morgan fingerprint density at radius 2 is 2.36 bits per heavy atom. The van der Waals surface area contributed by atoms with Gasteiger partial charge in [-0.25, -0.2) is 9.37 Å². The summed E-state index contributed by atoms with van der Waals surface area (Å²) in [4.78, 5) is 20.2. The van der Waals surface area contributed by atoms with E-state index >= 15 is 0 Å². The van der Waals surface area contributed by atoms with E-state index in [-0.39, 0.29) is 17.5 Å². The van der Waals surface area contributed by atoms with Gasteiger partial charge in [0.25, 0.3) is 0 Å². The smallest absolute Gasteiger partial charge is 0.236 e. The Morgan fingerprint density at radius 3 is 3.12 bits per heavy atom. The first-order valence-electron chi connectivity index (χ1n) is 8.07. The lowest BCUT2D eigenvalue weighted by Gasteiger charge is -2.23. The van der Waals surface area contributed by atoms with Gasteiger partial charge in [-0.3, -0.25) is 9.69 Å². The van der Waals surface area contributed by atoms with Crippen molar-refractivity contribution < 1.29 is 9.18 Å². The second kappa shape index (κ2) is 8.62. The number of carbonyl (C=O) groups excluding carboxylic acids is 1. The number of hydrogen-bond donors (Lipinski definition) is 1. The molecule has 2 heterocycles. The molecule has 1 aromatic carbocycles. The fourth-order valence-corrected chi connectivity index (χ4v) is 4.83. The van der Waals surface area contributed by atoms with Crippen LogP contribution in [0.1, 0.15) is 23.1 Å². The highest BCUT2D eigenvalue weighted by molar-refractivity contribution is 9.10. The van der Waals surface area contributed by atoms with Gasteiger partial charge in [0.05, 0.1) is 11.4 Å². The highest BCUT2D eigenvalue weighted by atomic mass is 79.9. The zero-order valence-electron chi connectivity index (χ0n) is 13.8. The standard InChI is InChI=1S/C17H19BrFN3OS2/c1-2-22-6-5-14-15(8-22)25-17(20-14)21-16(23)10-24-9-11-3-4-12(18)7-13(11)19/h3-4,7H,2,5-6,8-10H2,1H3,(H,20,21,23). The SMILES string of the molecule is CCN1CCc2nc(NC(=O)CSCc3ccc(Br)cc3F)sc2C1. The van der Waals surface area contributed by atoms with Crippen LogP contribution in [-0.4, -0.2) is 34.6 Å². The number of carbonyl (C=O) groups is 1. The van der Waals surface area contributed by atoms with Crippen LogP contribution in [0.25, 0.3) is 0 Å². The number of fused-ring (bicyclic) bond motifs is 1. The molecule has 0 fully saturated rings. The average molecular weight is 444 g/mol. The molecule has 0 spiro atoms. The number of thiazole rings is 1. The maximum atomic E-state index is 13.8. The van der Waals surface area contributed by atoms with Crippen LogP contribution in [0.4, 0.5) is 9.52 Å². The molecule has 0 saturated carbocycles. The second-order valence-corrected chi connectivity index (χ2v) is 8.77. The van der Waals surface area contributed by atoms with Gasteiger partial charge in [-0.05, 0) is 24.2 Å². The summed E-state index contributed by atoms with van der Waals surface area (Å²) in [5, 5.41) is 3.54. The van der Waals surface area contributed by atoms with Crippen molar-refractivity contribution >= 4 is 50.1 Å². The first-order chi connectivity index (χ1) is 12.0. The van der Waals surface area contributed by atoms with E-state index in [1.54, 1.807) is 23.5 Å². The summed E-state index contributed by atoms with van der Waals surface area (Å²) >= 11 is 6.19. The molecule has 0 unspecified atom stereocenters. The predicted molar refractivity (Wildman–Crippen MR) is 106 cm³/mol. The van der Waals surface area contributed by atoms with E-state index in [1.165, 1.54) is 22.7 Å². The van der Waals surface area contributed by atoms with Crippen molar-refractivity contribution in [3.8, 4) is 0 Å². The average Bonchev–Trinajstić information content (AvgIpc) is 2.97. The van der Waals surface area contributed by atoms with Crippen molar-refractivity contribution in [1.29, 1.82) is 0 Å². The van der Waals surface area contributed by atoms with Crippen LogP contribution >= 0.6 is 39.0 Å². The number of anilines is 1. The van der Waals surface area contributed by atoms with E-state index in [0.29, 0.717) is 20.9 Å². The molecule has 0 atom stereocenters. The normalized spacial score (nSPS) is 14.4. The van der Waals surface area contributed by atoms with Gasteiger partial charge in [0.1, 0.15) is 5.82 Å². The van der Waals surface area contributed by atoms with E-state index in [0.717, 1.165) is 31.7 Å². The van der Waals surface area contributed by atoms with Gasteiger partial charge in [-0.1, -0.05) is 28.9 Å². The monoisotopic (exact) mass is 443 g/mol. The van der Waals surface area contributed by atoms with Crippen LogP contribution < -0.4 is 5.32 Å². The molecule has 0 saturated heterocycles. The van der Waals surface area contributed by atoms with E-state index in [9.17, 15) is 9.18 Å². The van der Waals surface area contributed by atoms with Gasteiger partial charge >= 0.3 is 0 Å². The lowest BCUT2D eigenvalue weighted by molar-refractivity contribution is -0.113. The van der Waals surface area contributed by atoms with Gasteiger partial charge in [0.15, 0.2) is 5.13 Å². The van der Waals surface area contributed by atoms with Crippen molar-refractivity contribution in [2.45, 2.75) is 25.6 Å². The van der Waals surface area contributed by atoms with Crippen molar-refractivity contribution in [3.05, 3.63) is 44.6 Å². The lowest BCUT2D eigenvalue weighted by atomic mass is 10.2. The van der Waals surface area contributed by atoms with Crippen molar-refractivity contribution in [2.24, 2.45) is 0 Å². The van der Waals surface area contributed by atoms with Crippen molar-refractivity contribution in [1.82, 2.24) is 9.88 Å². The number of amides is 1. The maximum absolute atomic E-state index is 13.8. The minimum atomic E-state index is -0.254. The van der Waals surface area contributed by atoms with Crippen LogP contribution in [-0.2, 0) is 23.5 Å². The fraction of sp³-hybridized carbons (Fsp3) is 0.412. The van der Waals surface area contributed by atoms with E-state index in [1.807, 2.05) is 0 Å². The third kappa shape index (κ3) is 5.03. The second-order valence-electron chi connectivity index (χ2n) is 5.78. The number of thioether (sulfide) groups is 1. The molecule has 25 heavy (non-hydrogen) atoms. The molecule has 8 heteroatoms. The number of hydrogen-bond acceptors (Lipinski definition) is 5. The molecule has 1 aliphatic heterocycles. The summed E-state index contributed by atoms with van der Waals surface area (Å²) in [6.07, 6.45) is 0.938. The summed E-state index contributed by atoms with van der Waals surface area (Å²) in [6, 6.07) is 4.98. The van der Waals surface area contributed by atoms with Crippen LogP contribution in [0.15, 0.2) is 22.7 Å². The maximum Gasteiger partial charge on any atom is 0.236 e. The first kappa shape index (κ1) is 18.8. The van der Waals surface area contributed by atoms with Crippen LogP contribution in [0.2, 0.25) is 0 Å². The zero-order chi connectivity index (χ0) is 17.8. The van der Waals surface area contributed by atoms with E-state index in [4.69, 9.17) is 0 Å². The largest absolute Gasteiger partial charge is 0.301 e. The highest BCUT2D eigenvalue weighted by Gasteiger charge is 2.20. The number of rotatable bonds is 6. The Bertz CT molecular complexity index is 768. The summed E-state index contributed by atoms with van der Waals surface area (Å²) in [5.41, 5.74) is 1.71. The number of likely N-dealkylation sites (N-methyl/N-ethyl adjacent to an activating group) is 1. The number of nitrogens with one attached hydrogen (secondary N) is 1. The topological polar surface area (TPSA) is 45.2 Å². The van der Waals surface area contributed by atoms with Crippen LogP contribution in [0.5, 0.6) is 0 Å². The molecule has 1 amide bonds. The Balaban J connectivity index is 1.49. The quantitative estimate of drug-likeness (QED) is 0.722. The zero-order valence-corrected chi connectivity index (χ0v) is 17.1. The van der Waals surface area contributed by atoms with Gasteiger partial charge in [-0.15, -0.1) is 23.1 Å². The van der Waals surface area contributed by atoms with Gasteiger partial charge < -0.3 is 5.32 Å². The molecule has 4 nitrogen and oxygen atoms in total. The molecule has 134 valence electrons. The van der Waals surface area contributed by atoms with Crippen LogP contribution in [0, 0.1) is 5.82 Å². The summed E-state index contributed by atoms with van der Waals surface area (Å²) in [7, 11) is 0. The van der Waals surface area contributed by atoms with Gasteiger partial charge in [0, 0.05) is 34.6 Å². The Kier molecular flexibility index (Phi) is 6.49. The molecule has 2 aromatic rings. The lowest BCUT2D eigenvalue weighted by Crippen LogP contribution is -2.29. The predicted octanol–water partition coefficient (Wildman–Crippen LogP) is 4.29. The Hall–Kier alpha value is -0.960. The fourth-order valence-electron chi connectivity index (χ4n) is 2.62. The first-order valence-corrected chi connectivity index (χ1v) is 10.8.